The molecule has 0 radical (unpaired) electrons. The highest BCUT2D eigenvalue weighted by Crippen LogP contribution is 2.33. The molecule has 1 aromatic rings. The number of hydrogen-bond acceptors (Lipinski definition) is 4. The maximum Gasteiger partial charge on any atom is 0.134 e. The molecule has 0 spiro atoms. The van der Waals surface area contributed by atoms with Crippen LogP contribution in [0.1, 0.15) is 44.6 Å². The summed E-state index contributed by atoms with van der Waals surface area (Å²) < 4.78 is 0. The summed E-state index contributed by atoms with van der Waals surface area (Å²) in [6.07, 6.45) is 5.70. The summed E-state index contributed by atoms with van der Waals surface area (Å²) in [4.78, 5) is 8.64. The third-order valence-electron chi connectivity index (χ3n) is 3.24. The Hall–Kier alpha value is -1.32. The topological polar surface area (TPSA) is 49.8 Å². The molecule has 0 aromatic carbocycles. The fourth-order valence-corrected chi connectivity index (χ4v) is 2.08. The molecule has 0 saturated heterocycles. The highest BCUT2D eigenvalue weighted by atomic mass is 15.1. The zero-order valence-electron chi connectivity index (χ0n) is 11.0. The van der Waals surface area contributed by atoms with Crippen molar-refractivity contribution < 1.29 is 0 Å². The average Bonchev–Trinajstić information content (AvgIpc) is 3.12. The van der Waals surface area contributed by atoms with E-state index < -0.39 is 0 Å². The van der Waals surface area contributed by atoms with Gasteiger partial charge in [-0.25, -0.2) is 9.97 Å². The Morgan fingerprint density at radius 2 is 2.00 bits per heavy atom. The van der Waals surface area contributed by atoms with Gasteiger partial charge in [0.1, 0.15) is 18.0 Å². The molecule has 1 aliphatic carbocycles. The van der Waals surface area contributed by atoms with Crippen LogP contribution in [0.2, 0.25) is 0 Å². The molecule has 0 bridgehead atoms. The Labute approximate surface area is 103 Å². The number of nitrogens with one attached hydrogen (secondary N) is 2. The molecule has 1 heterocycles. The minimum absolute atomic E-state index is 0.419. The van der Waals surface area contributed by atoms with Crippen LogP contribution in [0.4, 0.5) is 11.6 Å². The second-order valence-electron chi connectivity index (χ2n) is 5.05. The van der Waals surface area contributed by atoms with Crippen LogP contribution in [0.3, 0.4) is 0 Å². The van der Waals surface area contributed by atoms with Crippen molar-refractivity contribution in [3.63, 3.8) is 0 Å². The fraction of sp³-hybridized carbons (Fsp3) is 0.692. The zero-order chi connectivity index (χ0) is 12.3. The number of hydrogen-bond donors (Lipinski definition) is 2. The van der Waals surface area contributed by atoms with E-state index >= 15 is 0 Å². The van der Waals surface area contributed by atoms with Crippen molar-refractivity contribution in [2.45, 2.75) is 39.0 Å². The highest BCUT2D eigenvalue weighted by Gasteiger charge is 2.21. The van der Waals surface area contributed by atoms with E-state index in [9.17, 15) is 0 Å². The summed E-state index contributed by atoms with van der Waals surface area (Å²) in [5.74, 6) is 3.29. The van der Waals surface area contributed by atoms with Crippen LogP contribution in [0.25, 0.3) is 0 Å². The SMILES string of the molecule is CNc1ncnc(NCCC2CC2)c1C(C)C. The van der Waals surface area contributed by atoms with Crippen LogP contribution in [-0.2, 0) is 0 Å². The first kappa shape index (κ1) is 12.1. The summed E-state index contributed by atoms with van der Waals surface area (Å²) in [6, 6.07) is 0. The molecule has 2 rings (SSSR count). The van der Waals surface area contributed by atoms with Gasteiger partial charge in [0, 0.05) is 19.2 Å². The smallest absolute Gasteiger partial charge is 0.134 e. The molecule has 1 aliphatic rings. The van der Waals surface area contributed by atoms with Crippen molar-refractivity contribution in [3.8, 4) is 0 Å². The van der Waals surface area contributed by atoms with Crippen LogP contribution in [0.15, 0.2) is 6.33 Å². The molecule has 94 valence electrons. The molecule has 0 aliphatic heterocycles. The molecular formula is C13H22N4. The minimum Gasteiger partial charge on any atom is -0.373 e. The second kappa shape index (κ2) is 5.34. The molecule has 1 aromatic heterocycles. The molecule has 0 atom stereocenters. The van der Waals surface area contributed by atoms with Crippen molar-refractivity contribution in [1.82, 2.24) is 9.97 Å². The van der Waals surface area contributed by atoms with E-state index in [4.69, 9.17) is 0 Å². The number of anilines is 2. The lowest BCUT2D eigenvalue weighted by atomic mass is 10.0. The van der Waals surface area contributed by atoms with Crippen LogP contribution in [0, 0.1) is 5.92 Å². The van der Waals surface area contributed by atoms with Crippen LogP contribution < -0.4 is 10.6 Å². The van der Waals surface area contributed by atoms with Gasteiger partial charge >= 0.3 is 0 Å². The van der Waals surface area contributed by atoms with E-state index in [2.05, 4.69) is 34.4 Å². The highest BCUT2D eigenvalue weighted by molar-refractivity contribution is 5.58. The van der Waals surface area contributed by atoms with Crippen LogP contribution in [-0.4, -0.2) is 23.6 Å². The van der Waals surface area contributed by atoms with Gasteiger partial charge in [-0.1, -0.05) is 26.7 Å². The van der Waals surface area contributed by atoms with Gasteiger partial charge in [-0.05, 0) is 18.3 Å². The first-order valence-corrected chi connectivity index (χ1v) is 6.49. The monoisotopic (exact) mass is 234 g/mol. The average molecular weight is 234 g/mol. The van der Waals surface area contributed by atoms with Crippen molar-refractivity contribution >= 4 is 11.6 Å². The predicted octanol–water partition coefficient (Wildman–Crippen LogP) is 2.85. The lowest BCUT2D eigenvalue weighted by Crippen LogP contribution is -2.11. The standard InChI is InChI=1S/C13H22N4/c1-9(2)11-12(14-3)16-8-17-13(11)15-7-6-10-4-5-10/h8-10H,4-7H2,1-3H3,(H2,14,15,16,17). The zero-order valence-corrected chi connectivity index (χ0v) is 11.0. The molecule has 4 heteroatoms. The van der Waals surface area contributed by atoms with Gasteiger partial charge < -0.3 is 10.6 Å². The van der Waals surface area contributed by atoms with Gasteiger partial charge in [-0.15, -0.1) is 0 Å². The Morgan fingerprint density at radius 1 is 1.29 bits per heavy atom. The summed E-state index contributed by atoms with van der Waals surface area (Å²) >= 11 is 0. The van der Waals surface area contributed by atoms with Gasteiger partial charge in [0.2, 0.25) is 0 Å². The summed E-state index contributed by atoms with van der Waals surface area (Å²) in [6.45, 7) is 5.36. The van der Waals surface area contributed by atoms with Gasteiger partial charge in [0.05, 0.1) is 0 Å². The second-order valence-corrected chi connectivity index (χ2v) is 5.05. The number of rotatable bonds is 6. The van der Waals surface area contributed by atoms with Crippen LogP contribution >= 0.6 is 0 Å². The minimum atomic E-state index is 0.419. The normalized spacial score (nSPS) is 15.1. The molecule has 4 nitrogen and oxygen atoms in total. The maximum atomic E-state index is 4.36. The Kier molecular flexibility index (Phi) is 3.82. The Morgan fingerprint density at radius 3 is 2.59 bits per heavy atom. The fourth-order valence-electron chi connectivity index (χ4n) is 2.08. The third-order valence-corrected chi connectivity index (χ3v) is 3.24. The Balaban J connectivity index is 2.07. The van der Waals surface area contributed by atoms with E-state index in [0.29, 0.717) is 5.92 Å². The molecule has 17 heavy (non-hydrogen) atoms. The van der Waals surface area contributed by atoms with Gasteiger partial charge in [-0.3, -0.25) is 0 Å². The predicted molar refractivity (Wildman–Crippen MR) is 71.5 cm³/mol. The van der Waals surface area contributed by atoms with E-state index in [1.165, 1.54) is 24.8 Å². The molecule has 1 saturated carbocycles. The van der Waals surface area contributed by atoms with E-state index in [0.717, 1.165) is 24.1 Å². The van der Waals surface area contributed by atoms with Gasteiger partial charge in [0.15, 0.2) is 0 Å². The first-order chi connectivity index (χ1) is 8.22. The lowest BCUT2D eigenvalue weighted by Gasteiger charge is -2.16. The van der Waals surface area contributed by atoms with Crippen molar-refractivity contribution in [2.75, 3.05) is 24.2 Å². The first-order valence-electron chi connectivity index (χ1n) is 6.49. The molecule has 1 fully saturated rings. The van der Waals surface area contributed by atoms with Crippen LogP contribution in [0.5, 0.6) is 0 Å². The van der Waals surface area contributed by atoms with Gasteiger partial charge in [0.25, 0.3) is 0 Å². The summed E-state index contributed by atoms with van der Waals surface area (Å²) in [5, 5.41) is 6.59. The summed E-state index contributed by atoms with van der Waals surface area (Å²) in [7, 11) is 1.90. The van der Waals surface area contributed by atoms with Crippen molar-refractivity contribution in [3.05, 3.63) is 11.9 Å². The number of nitrogens with zero attached hydrogens (tertiary/aromatic N) is 2. The van der Waals surface area contributed by atoms with Gasteiger partial charge in [-0.2, -0.15) is 0 Å². The summed E-state index contributed by atoms with van der Waals surface area (Å²) in [5.41, 5.74) is 1.19. The van der Waals surface area contributed by atoms with E-state index in [-0.39, 0.29) is 0 Å². The van der Waals surface area contributed by atoms with E-state index in [1.807, 2.05) is 7.05 Å². The number of aromatic nitrogens is 2. The molecule has 0 amide bonds. The lowest BCUT2D eigenvalue weighted by molar-refractivity contribution is 0.753. The van der Waals surface area contributed by atoms with Crippen molar-refractivity contribution in [2.24, 2.45) is 5.92 Å². The quantitative estimate of drug-likeness (QED) is 0.794. The molecule has 2 N–H and O–H groups in total. The maximum absolute atomic E-state index is 4.36. The largest absolute Gasteiger partial charge is 0.373 e. The molecule has 0 unspecified atom stereocenters. The third kappa shape index (κ3) is 3.08. The molecular weight excluding hydrogens is 212 g/mol. The van der Waals surface area contributed by atoms with E-state index in [1.54, 1.807) is 6.33 Å². The van der Waals surface area contributed by atoms with Crippen molar-refractivity contribution in [1.29, 1.82) is 0 Å². The Bertz CT molecular complexity index is 372.